The summed E-state index contributed by atoms with van der Waals surface area (Å²) in [6, 6.07) is 4.00. The van der Waals surface area contributed by atoms with Crippen molar-refractivity contribution in [2.45, 2.75) is 44.6 Å². The van der Waals surface area contributed by atoms with Gasteiger partial charge in [-0.1, -0.05) is 19.3 Å². The van der Waals surface area contributed by atoms with Gasteiger partial charge in [0.2, 0.25) is 5.75 Å². The van der Waals surface area contributed by atoms with Crippen LogP contribution in [0.5, 0.6) is 5.75 Å². The third kappa shape index (κ3) is 3.82. The number of rotatable bonds is 5. The molecule has 6 N–H and O–H groups in total. The molecule has 1 aliphatic carbocycles. The molecule has 1 spiro atoms. The molecule has 1 aliphatic heterocycles. The number of nitrogens with two attached hydrogens (primary N) is 2. The minimum atomic E-state index is -0.253. The first-order chi connectivity index (χ1) is 13.5. The minimum absolute atomic E-state index is 0. The number of anilines is 3. The fourth-order valence-electron chi connectivity index (χ4n) is 4.35. The number of carbonyl (C=O) groups is 1. The average molecular weight is 419 g/mol. The molecule has 4 rings (SSSR count). The van der Waals surface area contributed by atoms with Gasteiger partial charge >= 0.3 is 0 Å². The second-order valence-electron chi connectivity index (χ2n) is 7.51. The number of hydrogen-bond donors (Lipinski definition) is 4. The standard InChI is InChI=1S/C20H26N6O2.ClH/c1-12-9-13(25-18-16(28-8-7-21)17(22)23-11-24-18)10-14-15(12)19(27)26-20(14)5-3-2-4-6-20;/h9-11H,2-8,21H2,1H3,(H,26,27)(H3,22,23,24,25);1H. The molecule has 9 heteroatoms. The summed E-state index contributed by atoms with van der Waals surface area (Å²) >= 11 is 0. The van der Waals surface area contributed by atoms with E-state index in [2.05, 4.69) is 26.7 Å². The molecule has 1 saturated carbocycles. The van der Waals surface area contributed by atoms with Gasteiger partial charge in [-0.3, -0.25) is 4.79 Å². The van der Waals surface area contributed by atoms with E-state index in [1.54, 1.807) is 0 Å². The molecule has 2 aliphatic rings. The summed E-state index contributed by atoms with van der Waals surface area (Å²) in [5.41, 5.74) is 14.9. The minimum Gasteiger partial charge on any atom is -0.485 e. The highest BCUT2D eigenvalue weighted by molar-refractivity contribution is 6.02. The van der Waals surface area contributed by atoms with Gasteiger partial charge in [-0.15, -0.1) is 12.4 Å². The zero-order chi connectivity index (χ0) is 19.7. The first-order valence-electron chi connectivity index (χ1n) is 9.72. The SMILES string of the molecule is Cc1cc(Nc2ncnc(N)c2OCCN)cc2c1C(=O)NC21CCCCC1.Cl. The highest BCUT2D eigenvalue weighted by Gasteiger charge is 2.44. The molecule has 2 aromatic rings. The monoisotopic (exact) mass is 418 g/mol. The van der Waals surface area contributed by atoms with Gasteiger partial charge in [0.1, 0.15) is 12.9 Å². The normalized spacial score (nSPS) is 16.7. The summed E-state index contributed by atoms with van der Waals surface area (Å²) in [7, 11) is 0. The van der Waals surface area contributed by atoms with Crippen LogP contribution in [0.1, 0.15) is 53.6 Å². The van der Waals surface area contributed by atoms with Crippen LogP contribution in [0.3, 0.4) is 0 Å². The number of aryl methyl sites for hydroxylation is 1. The molecule has 0 radical (unpaired) electrons. The highest BCUT2D eigenvalue weighted by Crippen LogP contribution is 2.45. The van der Waals surface area contributed by atoms with Crippen molar-refractivity contribution in [3.8, 4) is 5.75 Å². The molecule has 1 aromatic heterocycles. The Morgan fingerprint density at radius 2 is 2.00 bits per heavy atom. The summed E-state index contributed by atoms with van der Waals surface area (Å²) in [4.78, 5) is 20.9. The van der Waals surface area contributed by atoms with E-state index in [1.165, 1.54) is 12.7 Å². The van der Waals surface area contributed by atoms with Crippen LogP contribution in [0, 0.1) is 6.92 Å². The van der Waals surface area contributed by atoms with Crippen LogP contribution < -0.4 is 26.8 Å². The van der Waals surface area contributed by atoms with Gasteiger partial charge in [0.15, 0.2) is 11.6 Å². The van der Waals surface area contributed by atoms with Crippen LogP contribution in [-0.4, -0.2) is 29.0 Å². The Bertz CT molecular complexity index is 914. The van der Waals surface area contributed by atoms with Crippen molar-refractivity contribution < 1.29 is 9.53 Å². The van der Waals surface area contributed by atoms with Crippen molar-refractivity contribution >= 4 is 35.6 Å². The van der Waals surface area contributed by atoms with E-state index in [-0.39, 0.29) is 29.7 Å². The molecule has 156 valence electrons. The summed E-state index contributed by atoms with van der Waals surface area (Å²) < 4.78 is 5.64. The van der Waals surface area contributed by atoms with Crippen LogP contribution in [0.25, 0.3) is 0 Å². The Morgan fingerprint density at radius 3 is 2.72 bits per heavy atom. The predicted molar refractivity (Wildman–Crippen MR) is 115 cm³/mol. The third-order valence-electron chi connectivity index (χ3n) is 5.60. The van der Waals surface area contributed by atoms with Crippen molar-refractivity contribution in [2.75, 3.05) is 24.2 Å². The first-order valence-corrected chi connectivity index (χ1v) is 9.72. The molecule has 0 unspecified atom stereocenters. The lowest BCUT2D eigenvalue weighted by molar-refractivity contribution is 0.0909. The fraction of sp³-hybridized carbons (Fsp3) is 0.450. The summed E-state index contributed by atoms with van der Waals surface area (Å²) in [5, 5.41) is 6.56. The van der Waals surface area contributed by atoms with Crippen LogP contribution in [0.4, 0.5) is 17.3 Å². The molecule has 1 aromatic carbocycles. The van der Waals surface area contributed by atoms with Crippen LogP contribution in [0.2, 0.25) is 0 Å². The van der Waals surface area contributed by atoms with E-state index in [9.17, 15) is 4.79 Å². The molecule has 2 heterocycles. The Morgan fingerprint density at radius 1 is 1.24 bits per heavy atom. The number of hydrogen-bond acceptors (Lipinski definition) is 7. The summed E-state index contributed by atoms with van der Waals surface area (Å²) in [6.45, 7) is 2.64. The smallest absolute Gasteiger partial charge is 0.252 e. The molecular formula is C20H27ClN6O2. The lowest BCUT2D eigenvalue weighted by Crippen LogP contribution is -2.40. The molecular weight excluding hydrogens is 392 g/mol. The van der Waals surface area contributed by atoms with Crippen molar-refractivity contribution in [3.63, 3.8) is 0 Å². The zero-order valence-electron chi connectivity index (χ0n) is 16.5. The molecule has 0 saturated heterocycles. The number of halogens is 1. The maximum Gasteiger partial charge on any atom is 0.252 e. The van der Waals surface area contributed by atoms with Gasteiger partial charge in [0.05, 0.1) is 5.54 Å². The number of ether oxygens (including phenoxy) is 1. The van der Waals surface area contributed by atoms with Gasteiger partial charge in [-0.2, -0.15) is 0 Å². The number of carbonyl (C=O) groups excluding carboxylic acids is 1. The Hall–Kier alpha value is -2.58. The van der Waals surface area contributed by atoms with Crippen molar-refractivity contribution in [1.29, 1.82) is 0 Å². The van der Waals surface area contributed by atoms with Crippen molar-refractivity contribution in [2.24, 2.45) is 5.73 Å². The van der Waals surface area contributed by atoms with Crippen molar-refractivity contribution in [3.05, 3.63) is 35.2 Å². The average Bonchev–Trinajstić information content (AvgIpc) is 2.93. The number of nitrogen functional groups attached to an aromatic ring is 1. The Balaban J connectivity index is 0.00000240. The van der Waals surface area contributed by atoms with Gasteiger partial charge in [-0.05, 0) is 43.0 Å². The summed E-state index contributed by atoms with van der Waals surface area (Å²) in [5.74, 6) is 1.14. The number of amides is 1. The lowest BCUT2D eigenvalue weighted by atomic mass is 9.77. The highest BCUT2D eigenvalue weighted by atomic mass is 35.5. The summed E-state index contributed by atoms with van der Waals surface area (Å²) in [6.07, 6.45) is 6.79. The quantitative estimate of drug-likeness (QED) is 0.587. The molecule has 1 amide bonds. The largest absolute Gasteiger partial charge is 0.485 e. The number of aromatic nitrogens is 2. The van der Waals surface area contributed by atoms with E-state index < -0.39 is 0 Å². The number of benzene rings is 1. The van der Waals surface area contributed by atoms with E-state index in [4.69, 9.17) is 16.2 Å². The van der Waals surface area contributed by atoms with Crippen LogP contribution in [0.15, 0.2) is 18.5 Å². The van der Waals surface area contributed by atoms with E-state index >= 15 is 0 Å². The third-order valence-corrected chi connectivity index (χ3v) is 5.60. The molecule has 1 fully saturated rings. The van der Waals surface area contributed by atoms with Crippen molar-refractivity contribution in [1.82, 2.24) is 15.3 Å². The maximum atomic E-state index is 12.6. The van der Waals surface area contributed by atoms with Crippen LogP contribution >= 0.6 is 12.4 Å². The topological polar surface area (TPSA) is 128 Å². The number of nitrogens with one attached hydrogen (secondary N) is 2. The Kier molecular flexibility index (Phi) is 6.14. The second-order valence-corrected chi connectivity index (χ2v) is 7.51. The van der Waals surface area contributed by atoms with Gasteiger partial charge < -0.3 is 26.8 Å². The second kappa shape index (κ2) is 8.42. The molecule has 8 nitrogen and oxygen atoms in total. The molecule has 0 bridgehead atoms. The maximum absolute atomic E-state index is 12.6. The molecule has 29 heavy (non-hydrogen) atoms. The van der Waals surface area contributed by atoms with Gasteiger partial charge in [-0.25, -0.2) is 9.97 Å². The van der Waals surface area contributed by atoms with Gasteiger partial charge in [0.25, 0.3) is 5.91 Å². The van der Waals surface area contributed by atoms with E-state index in [0.717, 1.165) is 48.1 Å². The van der Waals surface area contributed by atoms with E-state index in [1.807, 2.05) is 13.0 Å². The van der Waals surface area contributed by atoms with Gasteiger partial charge in [0, 0.05) is 17.8 Å². The first kappa shape index (κ1) is 21.1. The van der Waals surface area contributed by atoms with E-state index in [0.29, 0.717) is 24.7 Å². The fourth-order valence-corrected chi connectivity index (χ4v) is 4.35. The Labute approximate surface area is 176 Å². The lowest BCUT2D eigenvalue weighted by Gasteiger charge is -2.34. The predicted octanol–water partition coefficient (Wildman–Crippen LogP) is 2.77. The zero-order valence-corrected chi connectivity index (χ0v) is 17.3. The molecule has 0 atom stereocenters. The number of nitrogens with zero attached hydrogens (tertiary/aromatic N) is 2. The van der Waals surface area contributed by atoms with Crippen LogP contribution in [-0.2, 0) is 5.54 Å². The number of fused-ring (bicyclic) bond motifs is 2.